The second-order valence-corrected chi connectivity index (χ2v) is 7.22. The van der Waals surface area contributed by atoms with Crippen LogP contribution in [0.3, 0.4) is 0 Å². The molecule has 7 heteroatoms. The maximum Gasteiger partial charge on any atom is 0.337 e. The molecule has 1 heterocycles. The summed E-state index contributed by atoms with van der Waals surface area (Å²) in [5.41, 5.74) is 1.88. The molecule has 1 saturated heterocycles. The van der Waals surface area contributed by atoms with E-state index in [1.165, 1.54) is 23.8 Å². The van der Waals surface area contributed by atoms with Gasteiger partial charge in [-0.25, -0.2) is 4.79 Å². The van der Waals surface area contributed by atoms with Gasteiger partial charge >= 0.3 is 5.97 Å². The molecule has 2 aromatic rings. The van der Waals surface area contributed by atoms with Crippen molar-refractivity contribution in [3.05, 3.63) is 69.6 Å². The molecule has 1 aliphatic heterocycles. The highest BCUT2D eigenvalue weighted by molar-refractivity contribution is 8.27. The Balaban J connectivity index is 1.86. The molecule has 126 valence electrons. The molecule has 1 aliphatic rings. The second-order valence-electron chi connectivity index (χ2n) is 5.11. The van der Waals surface area contributed by atoms with E-state index in [1.807, 2.05) is 12.1 Å². The maximum absolute atomic E-state index is 12.7. The van der Waals surface area contributed by atoms with E-state index in [0.717, 1.165) is 5.56 Å². The first-order chi connectivity index (χ1) is 12.0. The average molecular weight is 390 g/mol. The summed E-state index contributed by atoms with van der Waals surface area (Å²) in [6.45, 7) is 0. The van der Waals surface area contributed by atoms with Crippen LogP contribution in [-0.2, 0) is 9.53 Å². The minimum absolute atomic E-state index is 0.198. The van der Waals surface area contributed by atoms with E-state index < -0.39 is 5.97 Å². The van der Waals surface area contributed by atoms with Crippen molar-refractivity contribution in [2.24, 2.45) is 0 Å². The molecular formula is C18H12ClNO3S2. The zero-order valence-electron chi connectivity index (χ0n) is 13.1. The Kier molecular flexibility index (Phi) is 5.22. The lowest BCUT2D eigenvalue weighted by Crippen LogP contribution is -2.27. The largest absolute Gasteiger partial charge is 0.465 e. The van der Waals surface area contributed by atoms with Crippen molar-refractivity contribution in [1.82, 2.24) is 0 Å². The van der Waals surface area contributed by atoms with Crippen LogP contribution in [0, 0.1) is 0 Å². The van der Waals surface area contributed by atoms with Crippen molar-refractivity contribution in [3.63, 3.8) is 0 Å². The van der Waals surface area contributed by atoms with Gasteiger partial charge in [-0.05, 0) is 48.0 Å². The second kappa shape index (κ2) is 7.39. The normalized spacial score (nSPS) is 15.8. The summed E-state index contributed by atoms with van der Waals surface area (Å²) in [5.74, 6) is -0.629. The SMILES string of the molecule is COC(=O)c1ccc(N2C(=O)/C(=C\c3ccc(Cl)cc3)SC2=S)cc1. The third kappa shape index (κ3) is 3.76. The van der Waals surface area contributed by atoms with Gasteiger partial charge in [0.15, 0.2) is 4.32 Å². The molecule has 3 rings (SSSR count). The van der Waals surface area contributed by atoms with Crippen LogP contribution < -0.4 is 4.90 Å². The van der Waals surface area contributed by atoms with E-state index in [0.29, 0.717) is 25.5 Å². The van der Waals surface area contributed by atoms with Gasteiger partial charge in [0.1, 0.15) is 0 Å². The standard InChI is InChI=1S/C18H12ClNO3S2/c1-23-17(22)12-4-8-14(9-5-12)20-16(21)15(25-18(20)24)10-11-2-6-13(19)7-3-11/h2-10H,1H3/b15-10+. The minimum Gasteiger partial charge on any atom is -0.465 e. The Labute approximate surface area is 159 Å². The number of halogens is 1. The Bertz CT molecular complexity index is 876. The number of carbonyl (C=O) groups excluding carboxylic acids is 2. The lowest BCUT2D eigenvalue weighted by Gasteiger charge is -2.14. The van der Waals surface area contributed by atoms with Crippen LogP contribution in [0.5, 0.6) is 0 Å². The van der Waals surface area contributed by atoms with E-state index in [9.17, 15) is 9.59 Å². The Morgan fingerprint density at radius 2 is 1.80 bits per heavy atom. The number of carbonyl (C=O) groups is 2. The first-order valence-corrected chi connectivity index (χ1v) is 8.82. The van der Waals surface area contributed by atoms with Crippen molar-refractivity contribution in [2.45, 2.75) is 0 Å². The predicted octanol–water partition coefficient (Wildman–Crippen LogP) is 4.53. The summed E-state index contributed by atoms with van der Waals surface area (Å²) in [6.07, 6.45) is 1.78. The van der Waals surface area contributed by atoms with Crippen LogP contribution in [0.15, 0.2) is 53.4 Å². The number of hydrogen-bond acceptors (Lipinski definition) is 5. The summed E-state index contributed by atoms with van der Waals surface area (Å²) >= 11 is 12.4. The van der Waals surface area contributed by atoms with Gasteiger partial charge in [-0.3, -0.25) is 9.69 Å². The topological polar surface area (TPSA) is 46.6 Å². The van der Waals surface area contributed by atoms with E-state index >= 15 is 0 Å². The fourth-order valence-electron chi connectivity index (χ4n) is 2.27. The van der Waals surface area contributed by atoms with Gasteiger partial charge in [-0.15, -0.1) is 0 Å². The number of ether oxygens (including phenoxy) is 1. The number of anilines is 1. The van der Waals surface area contributed by atoms with E-state index in [2.05, 4.69) is 4.74 Å². The fraction of sp³-hybridized carbons (Fsp3) is 0.0556. The van der Waals surface area contributed by atoms with Gasteiger partial charge in [0, 0.05) is 5.02 Å². The van der Waals surface area contributed by atoms with E-state index in [4.69, 9.17) is 23.8 Å². The molecule has 0 bridgehead atoms. The molecule has 0 atom stereocenters. The number of amides is 1. The Hall–Kier alpha value is -2.15. The van der Waals surface area contributed by atoms with Crippen molar-refractivity contribution in [2.75, 3.05) is 12.0 Å². The predicted molar refractivity (Wildman–Crippen MR) is 105 cm³/mol. The molecule has 4 nitrogen and oxygen atoms in total. The smallest absolute Gasteiger partial charge is 0.337 e. The highest BCUT2D eigenvalue weighted by Crippen LogP contribution is 2.36. The number of hydrogen-bond donors (Lipinski definition) is 0. The molecule has 0 N–H and O–H groups in total. The minimum atomic E-state index is -0.431. The van der Waals surface area contributed by atoms with Crippen LogP contribution in [-0.4, -0.2) is 23.3 Å². The monoisotopic (exact) mass is 389 g/mol. The van der Waals surface area contributed by atoms with Crippen molar-refractivity contribution < 1.29 is 14.3 Å². The molecule has 25 heavy (non-hydrogen) atoms. The van der Waals surface area contributed by atoms with E-state index in [1.54, 1.807) is 42.5 Å². The lowest BCUT2D eigenvalue weighted by molar-refractivity contribution is -0.113. The number of nitrogens with zero attached hydrogens (tertiary/aromatic N) is 1. The first-order valence-electron chi connectivity index (χ1n) is 7.21. The summed E-state index contributed by atoms with van der Waals surface area (Å²) in [6, 6.07) is 13.7. The molecule has 0 saturated carbocycles. The highest BCUT2D eigenvalue weighted by Gasteiger charge is 2.33. The van der Waals surface area contributed by atoms with Gasteiger partial charge in [0.2, 0.25) is 0 Å². The van der Waals surface area contributed by atoms with Gasteiger partial charge in [-0.2, -0.15) is 0 Å². The van der Waals surface area contributed by atoms with Crippen LogP contribution in [0.1, 0.15) is 15.9 Å². The highest BCUT2D eigenvalue weighted by atomic mass is 35.5. The number of thioether (sulfide) groups is 1. The first kappa shape index (κ1) is 17.7. The lowest BCUT2D eigenvalue weighted by atomic mass is 10.2. The van der Waals surface area contributed by atoms with Gasteiger partial charge in [0.25, 0.3) is 5.91 Å². The number of methoxy groups -OCH3 is 1. The van der Waals surface area contributed by atoms with Crippen LogP contribution >= 0.6 is 35.6 Å². The third-order valence-electron chi connectivity index (χ3n) is 3.51. The van der Waals surface area contributed by atoms with Gasteiger partial charge in [0.05, 0.1) is 23.3 Å². The van der Waals surface area contributed by atoms with Crippen molar-refractivity contribution in [3.8, 4) is 0 Å². The fourth-order valence-corrected chi connectivity index (χ4v) is 3.69. The third-order valence-corrected chi connectivity index (χ3v) is 5.06. The van der Waals surface area contributed by atoms with Crippen molar-refractivity contribution >= 4 is 63.5 Å². The molecule has 0 aromatic heterocycles. The molecule has 1 amide bonds. The van der Waals surface area contributed by atoms with Gasteiger partial charge in [-0.1, -0.05) is 47.7 Å². The molecule has 0 aliphatic carbocycles. The Morgan fingerprint density at radius 3 is 2.40 bits per heavy atom. The number of thiocarbonyl (C=S) groups is 1. The molecule has 2 aromatic carbocycles. The van der Waals surface area contributed by atoms with Crippen LogP contribution in [0.2, 0.25) is 5.02 Å². The molecule has 0 spiro atoms. The summed E-state index contributed by atoms with van der Waals surface area (Å²) in [7, 11) is 1.32. The van der Waals surface area contributed by atoms with Crippen LogP contribution in [0.25, 0.3) is 6.08 Å². The Morgan fingerprint density at radius 1 is 1.16 bits per heavy atom. The van der Waals surface area contributed by atoms with E-state index in [-0.39, 0.29) is 5.91 Å². The van der Waals surface area contributed by atoms with Crippen molar-refractivity contribution in [1.29, 1.82) is 0 Å². The number of rotatable bonds is 3. The summed E-state index contributed by atoms with van der Waals surface area (Å²) in [4.78, 5) is 26.2. The zero-order chi connectivity index (χ0) is 18.0. The summed E-state index contributed by atoms with van der Waals surface area (Å²) < 4.78 is 5.11. The molecule has 1 fully saturated rings. The van der Waals surface area contributed by atoms with Crippen LogP contribution in [0.4, 0.5) is 5.69 Å². The quantitative estimate of drug-likeness (QED) is 0.438. The van der Waals surface area contributed by atoms with Gasteiger partial charge < -0.3 is 4.74 Å². The average Bonchev–Trinajstić information content (AvgIpc) is 2.90. The number of esters is 1. The number of benzene rings is 2. The maximum atomic E-state index is 12.7. The zero-order valence-corrected chi connectivity index (χ0v) is 15.5. The molecular weight excluding hydrogens is 378 g/mol. The summed E-state index contributed by atoms with van der Waals surface area (Å²) in [5, 5.41) is 0.635. The molecule has 0 radical (unpaired) electrons. The molecule has 0 unspecified atom stereocenters.